The van der Waals surface area contributed by atoms with Crippen molar-refractivity contribution >= 4 is 11.6 Å². The standard InChI is InChI=1S/C19H31ClO/c1-4-6-7-8-9-10-11-12-18(20)17-15-16(3)13-14-19(17)21-5-2/h13-15,18H,4-12H2,1-3H3. The Balaban J connectivity index is 2.37. The van der Waals surface area contributed by atoms with Crippen molar-refractivity contribution < 1.29 is 4.74 Å². The highest BCUT2D eigenvalue weighted by Crippen LogP contribution is 2.34. The van der Waals surface area contributed by atoms with Crippen LogP contribution in [0.2, 0.25) is 0 Å². The van der Waals surface area contributed by atoms with Crippen LogP contribution in [0.1, 0.15) is 81.7 Å². The quantitative estimate of drug-likeness (QED) is 0.322. The Morgan fingerprint density at radius 3 is 2.33 bits per heavy atom. The van der Waals surface area contributed by atoms with Gasteiger partial charge in [-0.1, -0.05) is 69.6 Å². The fourth-order valence-electron chi connectivity index (χ4n) is 2.64. The normalized spacial score (nSPS) is 12.4. The van der Waals surface area contributed by atoms with Crippen LogP contribution in [-0.4, -0.2) is 6.61 Å². The third-order valence-corrected chi connectivity index (χ3v) is 4.32. The Bertz CT molecular complexity index is 389. The zero-order chi connectivity index (χ0) is 15.5. The Kier molecular flexibility index (Phi) is 9.58. The molecule has 0 aliphatic carbocycles. The van der Waals surface area contributed by atoms with Crippen molar-refractivity contribution in [2.75, 3.05) is 6.61 Å². The molecular formula is C19H31ClO. The molecule has 0 amide bonds. The van der Waals surface area contributed by atoms with Crippen molar-refractivity contribution in [3.63, 3.8) is 0 Å². The molecule has 1 atom stereocenters. The number of halogens is 1. The molecule has 120 valence electrons. The van der Waals surface area contributed by atoms with Crippen molar-refractivity contribution in [2.24, 2.45) is 0 Å². The first-order chi connectivity index (χ1) is 10.2. The minimum atomic E-state index is 0.0714. The molecule has 0 N–H and O–H groups in total. The summed E-state index contributed by atoms with van der Waals surface area (Å²) >= 11 is 6.60. The maximum absolute atomic E-state index is 6.60. The molecule has 0 heterocycles. The summed E-state index contributed by atoms with van der Waals surface area (Å²) in [6, 6.07) is 6.31. The Hall–Kier alpha value is -0.690. The van der Waals surface area contributed by atoms with Gasteiger partial charge >= 0.3 is 0 Å². The van der Waals surface area contributed by atoms with Gasteiger partial charge in [0.1, 0.15) is 5.75 Å². The van der Waals surface area contributed by atoms with Gasteiger partial charge in [0.05, 0.1) is 12.0 Å². The SMILES string of the molecule is CCCCCCCCCC(Cl)c1cc(C)ccc1OCC. The molecule has 0 fully saturated rings. The number of unbranched alkanes of at least 4 members (excludes halogenated alkanes) is 6. The lowest BCUT2D eigenvalue weighted by atomic mass is 10.0. The smallest absolute Gasteiger partial charge is 0.123 e. The average Bonchev–Trinajstić information content (AvgIpc) is 2.48. The number of hydrogen-bond donors (Lipinski definition) is 0. The molecule has 0 bridgehead atoms. The molecule has 0 saturated heterocycles. The highest BCUT2D eigenvalue weighted by molar-refractivity contribution is 6.21. The summed E-state index contributed by atoms with van der Waals surface area (Å²) in [5, 5.41) is 0.0714. The van der Waals surface area contributed by atoms with Gasteiger partial charge in [0.15, 0.2) is 0 Å². The van der Waals surface area contributed by atoms with Gasteiger partial charge in [-0.15, -0.1) is 11.6 Å². The Morgan fingerprint density at radius 1 is 1.00 bits per heavy atom. The third kappa shape index (κ3) is 7.22. The molecule has 0 aliphatic rings. The molecule has 2 heteroatoms. The fraction of sp³-hybridized carbons (Fsp3) is 0.684. The van der Waals surface area contributed by atoms with Crippen molar-refractivity contribution in [3.05, 3.63) is 29.3 Å². The van der Waals surface area contributed by atoms with Gasteiger partial charge in [0.2, 0.25) is 0 Å². The number of rotatable bonds is 11. The van der Waals surface area contributed by atoms with Crippen LogP contribution in [0.3, 0.4) is 0 Å². The molecule has 21 heavy (non-hydrogen) atoms. The van der Waals surface area contributed by atoms with Gasteiger partial charge in [-0.2, -0.15) is 0 Å². The Labute approximate surface area is 136 Å². The predicted molar refractivity (Wildman–Crippen MR) is 93.6 cm³/mol. The van der Waals surface area contributed by atoms with E-state index >= 15 is 0 Å². The highest BCUT2D eigenvalue weighted by atomic mass is 35.5. The van der Waals surface area contributed by atoms with Crippen LogP contribution in [0.5, 0.6) is 5.75 Å². The average molecular weight is 311 g/mol. The van der Waals surface area contributed by atoms with Crippen LogP contribution in [0.15, 0.2) is 18.2 Å². The second-order valence-corrected chi connectivity index (χ2v) is 6.38. The van der Waals surface area contributed by atoms with Crippen LogP contribution < -0.4 is 4.74 Å². The van der Waals surface area contributed by atoms with E-state index in [1.54, 1.807) is 0 Å². The summed E-state index contributed by atoms with van der Waals surface area (Å²) in [4.78, 5) is 0. The van der Waals surface area contributed by atoms with E-state index in [-0.39, 0.29) is 5.38 Å². The summed E-state index contributed by atoms with van der Waals surface area (Å²) in [5.41, 5.74) is 2.41. The van der Waals surface area contributed by atoms with Gasteiger partial charge in [-0.3, -0.25) is 0 Å². The zero-order valence-electron chi connectivity index (χ0n) is 14.0. The lowest BCUT2D eigenvalue weighted by Gasteiger charge is -2.16. The van der Waals surface area contributed by atoms with E-state index in [2.05, 4.69) is 26.0 Å². The number of ether oxygens (including phenoxy) is 1. The molecule has 1 nitrogen and oxygen atoms in total. The fourth-order valence-corrected chi connectivity index (χ4v) is 2.96. The van der Waals surface area contributed by atoms with E-state index in [1.807, 2.05) is 13.0 Å². The van der Waals surface area contributed by atoms with Crippen molar-refractivity contribution in [2.45, 2.75) is 77.5 Å². The minimum Gasteiger partial charge on any atom is -0.494 e. The number of hydrogen-bond acceptors (Lipinski definition) is 1. The van der Waals surface area contributed by atoms with E-state index in [9.17, 15) is 0 Å². The molecule has 0 spiro atoms. The van der Waals surface area contributed by atoms with Crippen LogP contribution in [0, 0.1) is 6.92 Å². The van der Waals surface area contributed by atoms with Crippen molar-refractivity contribution in [3.8, 4) is 5.75 Å². The summed E-state index contributed by atoms with van der Waals surface area (Å²) < 4.78 is 5.70. The second kappa shape index (κ2) is 11.0. The molecule has 1 rings (SSSR count). The number of aryl methyl sites for hydroxylation is 1. The number of benzene rings is 1. The van der Waals surface area contributed by atoms with Gasteiger partial charge in [-0.05, 0) is 26.3 Å². The third-order valence-electron chi connectivity index (χ3n) is 3.86. The summed E-state index contributed by atoms with van der Waals surface area (Å²) in [6.45, 7) is 7.08. The maximum atomic E-state index is 6.60. The highest BCUT2D eigenvalue weighted by Gasteiger charge is 2.13. The molecular weight excluding hydrogens is 280 g/mol. The monoisotopic (exact) mass is 310 g/mol. The van der Waals surface area contributed by atoms with E-state index in [0.29, 0.717) is 6.61 Å². The molecule has 1 aromatic carbocycles. The predicted octanol–water partition coefficient (Wildman–Crippen LogP) is 6.81. The lowest BCUT2D eigenvalue weighted by Crippen LogP contribution is -2.00. The molecule has 1 unspecified atom stereocenters. The minimum absolute atomic E-state index is 0.0714. The van der Waals surface area contributed by atoms with Gasteiger partial charge < -0.3 is 4.74 Å². The van der Waals surface area contributed by atoms with Gasteiger partial charge in [-0.25, -0.2) is 0 Å². The molecule has 0 saturated carbocycles. The number of alkyl halides is 1. The summed E-state index contributed by atoms with van der Waals surface area (Å²) in [6.07, 6.45) is 10.3. The lowest BCUT2D eigenvalue weighted by molar-refractivity contribution is 0.335. The van der Waals surface area contributed by atoms with Crippen molar-refractivity contribution in [1.29, 1.82) is 0 Å². The molecule has 0 radical (unpaired) electrons. The largest absolute Gasteiger partial charge is 0.494 e. The van der Waals surface area contributed by atoms with E-state index in [0.717, 1.165) is 17.7 Å². The topological polar surface area (TPSA) is 9.23 Å². The van der Waals surface area contributed by atoms with Gasteiger partial charge in [0, 0.05) is 5.56 Å². The maximum Gasteiger partial charge on any atom is 0.123 e. The molecule has 0 aromatic heterocycles. The van der Waals surface area contributed by atoms with Crippen LogP contribution in [0.25, 0.3) is 0 Å². The summed E-state index contributed by atoms with van der Waals surface area (Å²) in [5.74, 6) is 0.950. The summed E-state index contributed by atoms with van der Waals surface area (Å²) in [7, 11) is 0. The van der Waals surface area contributed by atoms with E-state index in [4.69, 9.17) is 16.3 Å². The van der Waals surface area contributed by atoms with Crippen LogP contribution in [-0.2, 0) is 0 Å². The molecule has 0 aliphatic heterocycles. The van der Waals surface area contributed by atoms with Crippen LogP contribution in [0.4, 0.5) is 0 Å². The van der Waals surface area contributed by atoms with E-state index in [1.165, 1.54) is 50.5 Å². The van der Waals surface area contributed by atoms with Crippen molar-refractivity contribution in [1.82, 2.24) is 0 Å². The van der Waals surface area contributed by atoms with Gasteiger partial charge in [0.25, 0.3) is 0 Å². The first-order valence-electron chi connectivity index (χ1n) is 8.56. The second-order valence-electron chi connectivity index (χ2n) is 5.85. The first-order valence-corrected chi connectivity index (χ1v) is 9.00. The van der Waals surface area contributed by atoms with Crippen LogP contribution >= 0.6 is 11.6 Å². The van der Waals surface area contributed by atoms with E-state index < -0.39 is 0 Å². The Morgan fingerprint density at radius 2 is 1.67 bits per heavy atom. The first kappa shape index (κ1) is 18.4. The zero-order valence-corrected chi connectivity index (χ0v) is 14.7. The molecule has 1 aromatic rings.